The molecule has 1 heterocycles. The van der Waals surface area contributed by atoms with Gasteiger partial charge in [-0.2, -0.15) is 0 Å². The van der Waals surface area contributed by atoms with Crippen LogP contribution in [0.1, 0.15) is 11.1 Å². The highest BCUT2D eigenvalue weighted by molar-refractivity contribution is 9.10. The van der Waals surface area contributed by atoms with Crippen molar-refractivity contribution in [1.29, 1.82) is 5.41 Å². The van der Waals surface area contributed by atoms with Gasteiger partial charge in [0.15, 0.2) is 0 Å². The maximum atomic E-state index is 13.9. The first kappa shape index (κ1) is 12.3. The Hall–Kier alpha value is -1.75. The normalized spacial score (nSPS) is 13.8. The zero-order valence-corrected chi connectivity index (χ0v) is 11.3. The fourth-order valence-corrected chi connectivity index (χ4v) is 2.54. The molecule has 3 rings (SSSR count). The number of nitrogens with zero attached hydrogens (tertiary/aromatic N) is 1. The maximum absolute atomic E-state index is 13.9. The van der Waals surface area contributed by atoms with Gasteiger partial charge in [0, 0.05) is 10.0 Å². The second kappa shape index (κ2) is 4.42. The second-order valence-corrected chi connectivity index (χ2v) is 5.25. The van der Waals surface area contributed by atoms with Crippen molar-refractivity contribution in [3.63, 3.8) is 0 Å². The number of hydrogen-bond acceptors (Lipinski definition) is 1. The van der Waals surface area contributed by atoms with Crippen molar-refractivity contribution in [2.24, 2.45) is 0 Å². The van der Waals surface area contributed by atoms with Crippen molar-refractivity contribution in [2.45, 2.75) is 6.54 Å². The Morgan fingerprint density at radius 2 is 1.89 bits per heavy atom. The number of halogens is 3. The Labute approximate surface area is 117 Å². The van der Waals surface area contributed by atoms with Gasteiger partial charge in [0.25, 0.3) is 0 Å². The number of nitrogens with one attached hydrogen (secondary N) is 1. The van der Waals surface area contributed by atoms with Gasteiger partial charge in [-0.3, -0.25) is 5.41 Å². The van der Waals surface area contributed by atoms with E-state index >= 15 is 0 Å². The van der Waals surface area contributed by atoms with Crippen molar-refractivity contribution < 1.29 is 8.78 Å². The molecule has 0 bridgehead atoms. The molecule has 0 atom stereocenters. The molecule has 5 heteroatoms. The Kier molecular flexibility index (Phi) is 2.86. The van der Waals surface area contributed by atoms with Crippen LogP contribution < -0.4 is 4.90 Å². The molecule has 0 saturated carbocycles. The maximum Gasteiger partial charge on any atom is 0.148 e. The fourth-order valence-electron chi connectivity index (χ4n) is 2.21. The van der Waals surface area contributed by atoms with Crippen LogP contribution in [0.25, 0.3) is 0 Å². The smallest absolute Gasteiger partial charge is 0.148 e. The quantitative estimate of drug-likeness (QED) is 0.841. The van der Waals surface area contributed by atoms with Crippen LogP contribution in [0.5, 0.6) is 0 Å². The van der Waals surface area contributed by atoms with E-state index in [-0.39, 0.29) is 11.7 Å². The largest absolute Gasteiger partial charge is 0.319 e. The third-order valence-electron chi connectivity index (χ3n) is 3.13. The van der Waals surface area contributed by atoms with Crippen molar-refractivity contribution in [2.75, 3.05) is 4.90 Å². The van der Waals surface area contributed by atoms with Gasteiger partial charge in [0.1, 0.15) is 17.5 Å². The number of rotatable bonds is 1. The summed E-state index contributed by atoms with van der Waals surface area (Å²) in [6, 6.07) is 8.98. The first-order chi connectivity index (χ1) is 9.06. The molecule has 0 amide bonds. The van der Waals surface area contributed by atoms with Crippen LogP contribution >= 0.6 is 15.9 Å². The predicted octanol–water partition coefficient (Wildman–Crippen LogP) is 4.07. The number of amidine groups is 1. The average molecular weight is 323 g/mol. The van der Waals surface area contributed by atoms with E-state index in [0.717, 1.165) is 5.56 Å². The van der Waals surface area contributed by atoms with Crippen LogP contribution in [0.4, 0.5) is 14.5 Å². The van der Waals surface area contributed by atoms with E-state index in [1.54, 1.807) is 18.2 Å². The fraction of sp³-hybridized carbons (Fsp3) is 0.0714. The van der Waals surface area contributed by atoms with E-state index in [1.807, 2.05) is 0 Å². The van der Waals surface area contributed by atoms with Crippen LogP contribution in [0.15, 0.2) is 40.9 Å². The molecule has 1 aliphatic heterocycles. The van der Waals surface area contributed by atoms with E-state index < -0.39 is 5.82 Å². The third kappa shape index (κ3) is 2.04. The van der Waals surface area contributed by atoms with Gasteiger partial charge in [-0.1, -0.05) is 22.0 Å². The lowest BCUT2D eigenvalue weighted by atomic mass is 10.1. The number of benzene rings is 2. The first-order valence-corrected chi connectivity index (χ1v) is 6.45. The lowest BCUT2D eigenvalue weighted by Gasteiger charge is -2.18. The Bertz CT molecular complexity index is 685. The summed E-state index contributed by atoms with van der Waals surface area (Å²) in [5.41, 5.74) is 1.67. The summed E-state index contributed by atoms with van der Waals surface area (Å²) < 4.78 is 27.8. The average Bonchev–Trinajstić information content (AvgIpc) is 2.67. The molecular weight excluding hydrogens is 314 g/mol. The Morgan fingerprint density at radius 3 is 2.63 bits per heavy atom. The van der Waals surface area contributed by atoms with E-state index in [1.165, 1.54) is 23.1 Å². The molecule has 2 aromatic rings. The molecule has 0 spiro atoms. The summed E-state index contributed by atoms with van der Waals surface area (Å²) >= 11 is 3.20. The summed E-state index contributed by atoms with van der Waals surface area (Å²) in [5, 5.41) is 8.05. The van der Waals surface area contributed by atoms with Gasteiger partial charge in [-0.05, 0) is 35.9 Å². The van der Waals surface area contributed by atoms with Crippen LogP contribution in [0, 0.1) is 17.0 Å². The Balaban J connectivity index is 2.04. The van der Waals surface area contributed by atoms with E-state index in [9.17, 15) is 8.78 Å². The Morgan fingerprint density at radius 1 is 1.11 bits per heavy atom. The van der Waals surface area contributed by atoms with E-state index in [4.69, 9.17) is 5.41 Å². The van der Waals surface area contributed by atoms with E-state index in [2.05, 4.69) is 15.9 Å². The van der Waals surface area contributed by atoms with Crippen LogP contribution in [-0.4, -0.2) is 5.84 Å². The molecule has 1 aliphatic rings. The SMILES string of the molecule is N=C1c2cc(F)ccc2CN1c1ccc(Br)cc1F. The minimum atomic E-state index is -0.410. The molecule has 0 radical (unpaired) electrons. The van der Waals surface area contributed by atoms with Gasteiger partial charge in [0.05, 0.1) is 12.2 Å². The molecule has 19 heavy (non-hydrogen) atoms. The standard InChI is InChI=1S/C14H9BrF2N2/c15-9-2-4-13(12(17)5-9)19-7-8-1-3-10(16)6-11(8)14(19)18/h1-6,18H,7H2. The number of fused-ring (bicyclic) bond motifs is 1. The minimum absolute atomic E-state index is 0.121. The summed E-state index contributed by atoms with van der Waals surface area (Å²) in [7, 11) is 0. The summed E-state index contributed by atoms with van der Waals surface area (Å²) in [4.78, 5) is 1.53. The van der Waals surface area contributed by atoms with Gasteiger partial charge in [-0.15, -0.1) is 0 Å². The highest BCUT2D eigenvalue weighted by Gasteiger charge is 2.27. The molecule has 0 aliphatic carbocycles. The van der Waals surface area contributed by atoms with E-state index in [0.29, 0.717) is 22.3 Å². The topological polar surface area (TPSA) is 27.1 Å². The lowest BCUT2D eigenvalue weighted by molar-refractivity contribution is 0.625. The van der Waals surface area contributed by atoms with Crippen molar-refractivity contribution >= 4 is 27.5 Å². The molecule has 2 nitrogen and oxygen atoms in total. The minimum Gasteiger partial charge on any atom is -0.319 e. The van der Waals surface area contributed by atoms with Crippen molar-refractivity contribution in [3.8, 4) is 0 Å². The van der Waals surface area contributed by atoms with Crippen LogP contribution in [0.3, 0.4) is 0 Å². The summed E-state index contributed by atoms with van der Waals surface area (Å²) in [5.74, 6) is -0.676. The van der Waals surface area contributed by atoms with Gasteiger partial charge < -0.3 is 4.90 Å². The lowest BCUT2D eigenvalue weighted by Crippen LogP contribution is -2.24. The highest BCUT2D eigenvalue weighted by atomic mass is 79.9. The second-order valence-electron chi connectivity index (χ2n) is 4.33. The molecule has 2 aromatic carbocycles. The number of hydrogen-bond donors (Lipinski definition) is 1. The summed E-state index contributed by atoms with van der Waals surface area (Å²) in [6.07, 6.45) is 0. The van der Waals surface area contributed by atoms with Crippen LogP contribution in [-0.2, 0) is 6.54 Å². The zero-order chi connectivity index (χ0) is 13.6. The predicted molar refractivity (Wildman–Crippen MR) is 73.5 cm³/mol. The summed E-state index contributed by atoms with van der Waals surface area (Å²) in [6.45, 7) is 0.382. The van der Waals surface area contributed by atoms with Gasteiger partial charge in [-0.25, -0.2) is 8.78 Å². The van der Waals surface area contributed by atoms with Crippen molar-refractivity contribution in [3.05, 3.63) is 63.6 Å². The zero-order valence-electron chi connectivity index (χ0n) is 9.75. The number of anilines is 1. The highest BCUT2D eigenvalue weighted by Crippen LogP contribution is 2.31. The monoisotopic (exact) mass is 322 g/mol. The van der Waals surface area contributed by atoms with Gasteiger partial charge in [0.2, 0.25) is 0 Å². The molecule has 0 aromatic heterocycles. The third-order valence-corrected chi connectivity index (χ3v) is 3.62. The molecule has 0 fully saturated rings. The molecule has 0 unspecified atom stereocenters. The van der Waals surface area contributed by atoms with Gasteiger partial charge >= 0.3 is 0 Å². The molecule has 96 valence electrons. The van der Waals surface area contributed by atoms with Crippen molar-refractivity contribution in [1.82, 2.24) is 0 Å². The molecular formula is C14H9BrF2N2. The van der Waals surface area contributed by atoms with Crippen LogP contribution in [0.2, 0.25) is 0 Å². The molecule has 0 saturated heterocycles. The first-order valence-electron chi connectivity index (χ1n) is 5.66. The molecule has 1 N–H and O–H groups in total.